The highest BCUT2D eigenvalue weighted by molar-refractivity contribution is 7.99. The number of anilines is 1. The van der Waals surface area contributed by atoms with E-state index in [0.29, 0.717) is 12.1 Å². The molecule has 1 aliphatic rings. The Morgan fingerprint density at radius 3 is 2.65 bits per heavy atom. The van der Waals surface area contributed by atoms with Crippen LogP contribution in [-0.4, -0.2) is 50.2 Å². The second-order valence-corrected chi connectivity index (χ2v) is 9.78. The Labute approximate surface area is 204 Å². The van der Waals surface area contributed by atoms with E-state index in [2.05, 4.69) is 28.3 Å². The number of hydrogen-bond acceptors (Lipinski definition) is 5. The van der Waals surface area contributed by atoms with E-state index < -0.39 is 0 Å². The summed E-state index contributed by atoms with van der Waals surface area (Å²) in [5, 5.41) is 8.40. The normalized spacial score (nSPS) is 14.4. The molecule has 0 spiro atoms. The lowest BCUT2D eigenvalue weighted by Crippen LogP contribution is -2.32. The largest absolute Gasteiger partial charge is 0.322 e. The van der Waals surface area contributed by atoms with Crippen LogP contribution in [0.3, 0.4) is 0 Å². The van der Waals surface area contributed by atoms with Crippen molar-refractivity contribution >= 4 is 34.4 Å². The summed E-state index contributed by atoms with van der Waals surface area (Å²) in [6, 6.07) is 18.0. The van der Waals surface area contributed by atoms with Crippen LogP contribution in [0.15, 0.2) is 60.8 Å². The number of aromatic nitrogens is 3. The molecular weight excluding hydrogens is 442 g/mol. The van der Waals surface area contributed by atoms with Gasteiger partial charge in [0.2, 0.25) is 0 Å². The minimum absolute atomic E-state index is 0.144. The van der Waals surface area contributed by atoms with Crippen LogP contribution in [0.2, 0.25) is 0 Å². The summed E-state index contributed by atoms with van der Waals surface area (Å²) in [5.74, 6) is 2.22. The Morgan fingerprint density at radius 2 is 1.88 bits per heavy atom. The lowest BCUT2D eigenvalue weighted by atomic mass is 10.0. The molecule has 0 atom stereocenters. The van der Waals surface area contributed by atoms with E-state index in [0.717, 1.165) is 53.2 Å². The van der Waals surface area contributed by atoms with Crippen molar-refractivity contribution < 1.29 is 4.79 Å². The number of carbonyl (C=O) groups is 1. The molecular formula is C27H29N5OS. The van der Waals surface area contributed by atoms with E-state index in [-0.39, 0.29) is 5.91 Å². The van der Waals surface area contributed by atoms with Gasteiger partial charge in [-0.25, -0.2) is 9.67 Å². The Balaban J connectivity index is 1.48. The smallest absolute Gasteiger partial charge is 0.256 e. The first-order valence-electron chi connectivity index (χ1n) is 11.8. The topological polar surface area (TPSA) is 63.1 Å². The molecule has 7 heteroatoms. The van der Waals surface area contributed by atoms with Gasteiger partial charge in [-0.1, -0.05) is 42.5 Å². The number of pyridine rings is 1. The van der Waals surface area contributed by atoms with E-state index in [1.807, 2.05) is 71.9 Å². The number of thioether (sulfide) groups is 1. The van der Waals surface area contributed by atoms with E-state index in [1.165, 1.54) is 17.1 Å². The Morgan fingerprint density at radius 1 is 1.09 bits per heavy atom. The molecule has 1 amide bonds. The number of nitrogens with one attached hydrogen (secondary N) is 1. The lowest BCUT2D eigenvalue weighted by molar-refractivity contribution is 0.102. The van der Waals surface area contributed by atoms with Gasteiger partial charge in [-0.05, 0) is 37.1 Å². The Bertz CT molecular complexity index is 1310. The maximum atomic E-state index is 13.6. The van der Waals surface area contributed by atoms with Crippen LogP contribution < -0.4 is 5.32 Å². The van der Waals surface area contributed by atoms with Crippen molar-refractivity contribution in [3.8, 4) is 11.3 Å². The number of hydrogen-bond donors (Lipinski definition) is 1. The molecule has 6 nitrogen and oxygen atoms in total. The predicted molar refractivity (Wildman–Crippen MR) is 140 cm³/mol. The molecule has 174 valence electrons. The van der Waals surface area contributed by atoms with Crippen LogP contribution in [-0.2, 0) is 13.1 Å². The summed E-state index contributed by atoms with van der Waals surface area (Å²) in [7, 11) is 0. The minimum Gasteiger partial charge on any atom is -0.322 e. The summed E-state index contributed by atoms with van der Waals surface area (Å²) in [4.78, 5) is 20.9. The molecule has 0 unspecified atom stereocenters. The average Bonchev–Trinajstić information content (AvgIpc) is 3.30. The van der Waals surface area contributed by atoms with Crippen molar-refractivity contribution in [2.75, 3.05) is 29.9 Å². The first kappa shape index (κ1) is 22.6. The quantitative estimate of drug-likeness (QED) is 0.417. The van der Waals surface area contributed by atoms with E-state index in [9.17, 15) is 4.79 Å². The maximum absolute atomic E-state index is 13.6. The van der Waals surface area contributed by atoms with Crippen LogP contribution in [0.4, 0.5) is 5.69 Å². The molecule has 34 heavy (non-hydrogen) atoms. The number of amides is 1. The SMILES string of the molecule is CCn1ncc2c(C(=O)Nc3cccc(CN4CCSCC4)c3C)cc(-c3ccccc3)nc21. The van der Waals surface area contributed by atoms with E-state index in [1.54, 1.807) is 6.20 Å². The number of fused-ring (bicyclic) bond motifs is 1. The molecule has 1 fully saturated rings. The summed E-state index contributed by atoms with van der Waals surface area (Å²) in [5.41, 5.74) is 6.27. The zero-order valence-corrected chi connectivity index (χ0v) is 20.4. The molecule has 0 aliphatic carbocycles. The third-order valence-electron chi connectivity index (χ3n) is 6.41. The first-order valence-corrected chi connectivity index (χ1v) is 12.9. The van der Waals surface area contributed by atoms with Crippen molar-refractivity contribution in [2.24, 2.45) is 0 Å². The molecule has 3 heterocycles. The zero-order chi connectivity index (χ0) is 23.5. The standard InChI is InChI=1S/C27H29N5OS/c1-3-32-26-23(17-28-32)22(16-25(29-26)20-8-5-4-6-9-20)27(33)30-24-11-7-10-21(19(24)2)18-31-12-14-34-15-13-31/h4-11,16-17H,3,12-15,18H2,1-2H3,(H,30,33). The lowest BCUT2D eigenvalue weighted by Gasteiger charge is -2.27. The van der Waals surface area contributed by atoms with Gasteiger partial charge in [0.25, 0.3) is 5.91 Å². The fourth-order valence-corrected chi connectivity index (χ4v) is 5.38. The summed E-state index contributed by atoms with van der Waals surface area (Å²) < 4.78 is 1.83. The zero-order valence-electron chi connectivity index (χ0n) is 19.6. The van der Waals surface area contributed by atoms with Gasteiger partial charge >= 0.3 is 0 Å². The van der Waals surface area contributed by atoms with Gasteiger partial charge in [-0.2, -0.15) is 16.9 Å². The van der Waals surface area contributed by atoms with Crippen LogP contribution in [0.5, 0.6) is 0 Å². The molecule has 1 aliphatic heterocycles. The third-order valence-corrected chi connectivity index (χ3v) is 7.36. The minimum atomic E-state index is -0.144. The number of carbonyl (C=O) groups excluding carboxylic acids is 1. The highest BCUT2D eigenvalue weighted by Gasteiger charge is 2.19. The van der Waals surface area contributed by atoms with Gasteiger partial charge in [0, 0.05) is 48.9 Å². The Kier molecular flexibility index (Phi) is 6.65. The van der Waals surface area contributed by atoms with Crippen LogP contribution >= 0.6 is 11.8 Å². The van der Waals surface area contributed by atoms with Gasteiger partial charge in [0.1, 0.15) is 0 Å². The van der Waals surface area contributed by atoms with Crippen molar-refractivity contribution in [2.45, 2.75) is 26.9 Å². The van der Waals surface area contributed by atoms with Crippen LogP contribution in [0.1, 0.15) is 28.4 Å². The fraction of sp³-hybridized carbons (Fsp3) is 0.296. The van der Waals surface area contributed by atoms with Crippen molar-refractivity contribution in [1.29, 1.82) is 0 Å². The van der Waals surface area contributed by atoms with Crippen molar-refractivity contribution in [3.05, 3.63) is 77.5 Å². The van der Waals surface area contributed by atoms with Gasteiger partial charge < -0.3 is 5.32 Å². The van der Waals surface area contributed by atoms with Gasteiger partial charge in [-0.15, -0.1) is 0 Å². The molecule has 5 rings (SSSR count). The van der Waals surface area contributed by atoms with Gasteiger partial charge in [0.05, 0.1) is 22.8 Å². The Hall–Kier alpha value is -3.16. The van der Waals surface area contributed by atoms with Gasteiger partial charge in [0.15, 0.2) is 5.65 Å². The summed E-state index contributed by atoms with van der Waals surface area (Å²) >= 11 is 2.02. The average molecular weight is 472 g/mol. The second kappa shape index (κ2) is 9.99. The monoisotopic (exact) mass is 471 g/mol. The molecule has 1 N–H and O–H groups in total. The molecule has 0 radical (unpaired) electrons. The maximum Gasteiger partial charge on any atom is 0.256 e. The van der Waals surface area contributed by atoms with Crippen LogP contribution in [0, 0.1) is 6.92 Å². The number of rotatable bonds is 6. The third kappa shape index (κ3) is 4.58. The molecule has 0 saturated carbocycles. The molecule has 4 aromatic rings. The van der Waals surface area contributed by atoms with Crippen molar-refractivity contribution in [3.63, 3.8) is 0 Å². The molecule has 2 aromatic heterocycles. The van der Waals surface area contributed by atoms with Crippen LogP contribution in [0.25, 0.3) is 22.3 Å². The van der Waals surface area contributed by atoms with Gasteiger partial charge in [-0.3, -0.25) is 9.69 Å². The summed E-state index contributed by atoms with van der Waals surface area (Å²) in [6.45, 7) is 7.94. The highest BCUT2D eigenvalue weighted by atomic mass is 32.2. The summed E-state index contributed by atoms with van der Waals surface area (Å²) in [6.07, 6.45) is 1.74. The second-order valence-electron chi connectivity index (χ2n) is 8.55. The molecule has 2 aromatic carbocycles. The van der Waals surface area contributed by atoms with Crippen molar-refractivity contribution in [1.82, 2.24) is 19.7 Å². The van der Waals surface area contributed by atoms with E-state index >= 15 is 0 Å². The number of aryl methyl sites for hydroxylation is 1. The highest BCUT2D eigenvalue weighted by Crippen LogP contribution is 2.27. The number of nitrogens with zero attached hydrogens (tertiary/aromatic N) is 4. The molecule has 1 saturated heterocycles. The van der Waals surface area contributed by atoms with E-state index in [4.69, 9.17) is 4.98 Å². The first-order chi connectivity index (χ1) is 16.6. The predicted octanol–water partition coefficient (Wildman–Crippen LogP) is 5.23. The fourth-order valence-electron chi connectivity index (χ4n) is 4.40. The number of benzene rings is 2. The molecule has 0 bridgehead atoms.